The fraction of sp³-hybridized carbons (Fsp3) is 0.273. The Labute approximate surface area is 305 Å². The molecule has 3 heterocycles. The summed E-state index contributed by atoms with van der Waals surface area (Å²) in [5.41, 5.74) is 1.48. The molecule has 0 spiro atoms. The van der Waals surface area contributed by atoms with Gasteiger partial charge in [-0.05, 0) is 25.0 Å². The minimum Gasteiger partial charge on any atom is -0.587 e. The summed E-state index contributed by atoms with van der Waals surface area (Å²) >= 11 is 0. The molecule has 5 rings (SSSR count). The van der Waals surface area contributed by atoms with Gasteiger partial charge < -0.3 is 14.9 Å². The molecule has 4 amide bonds. The molecule has 3 aliphatic rings. The molecule has 0 aliphatic carbocycles. The van der Waals surface area contributed by atoms with Crippen molar-refractivity contribution in [2.24, 2.45) is 0 Å². The summed E-state index contributed by atoms with van der Waals surface area (Å²) in [4.78, 5) is 46.5. The topological polar surface area (TPSA) is 183 Å². The minimum atomic E-state index is -4.07. The predicted octanol–water partition coefficient (Wildman–Crippen LogP) is -4.34. The zero-order valence-corrected chi connectivity index (χ0v) is 28.6. The molecule has 1 saturated heterocycles. The number of nitrogens with zero attached hydrogens (tertiary/aromatic N) is 2. The van der Waals surface area contributed by atoms with Crippen LogP contribution in [-0.4, -0.2) is 74.6 Å². The van der Waals surface area contributed by atoms with Crippen molar-refractivity contribution in [1.29, 1.82) is 0 Å². The van der Waals surface area contributed by atoms with Gasteiger partial charge in [0.05, 0.1) is 41.1 Å². The number of amides is 4. The zero-order valence-electron chi connectivity index (χ0n) is 20.7. The summed E-state index contributed by atoms with van der Waals surface area (Å²) in [6, 6.07) is 13.1. The van der Waals surface area contributed by atoms with Gasteiger partial charge in [0.1, 0.15) is 0 Å². The van der Waals surface area contributed by atoms with Crippen LogP contribution in [0.15, 0.2) is 48.5 Å². The number of carbonyl (C=O) groups excluding carboxylic acids is 4. The zero-order chi connectivity index (χ0) is 26.5. The van der Waals surface area contributed by atoms with Crippen molar-refractivity contribution in [2.45, 2.75) is 12.8 Å². The standard InChI is InChI=1S/C11H11NO5S.C8H5NO2.C3H6O3S.2K/c13-10-8-4-1-2-5-9(8)11(14)12(10)6-3-7-18(15,16)17;10-7-5-3-1-2-4-6(5)8(11)9-7;4-7(5)3-1-2-6-7;;/h1-2,4-5H,3,6-7H2,(H,15,16,17);1-4H,(H,9,10,11);1-3H2;;/q;;;2*+1/p-1. The van der Waals surface area contributed by atoms with Crippen LogP contribution >= 0.6 is 0 Å². The smallest absolute Gasteiger partial charge is 0.587 e. The first-order valence-corrected chi connectivity index (χ1v) is 13.8. The van der Waals surface area contributed by atoms with Crippen LogP contribution in [0.5, 0.6) is 0 Å². The van der Waals surface area contributed by atoms with Crippen molar-refractivity contribution in [3.63, 3.8) is 0 Å². The van der Waals surface area contributed by atoms with Gasteiger partial charge in [-0.25, -0.2) is 0 Å². The van der Waals surface area contributed by atoms with E-state index in [1.807, 2.05) is 0 Å². The van der Waals surface area contributed by atoms with E-state index in [0.717, 1.165) is 4.90 Å². The second kappa shape index (κ2) is 15.7. The Bertz CT molecular complexity index is 1350. The number of carbonyl (C=O) groups is 4. The molecule has 192 valence electrons. The molecule has 16 heteroatoms. The van der Waals surface area contributed by atoms with Crippen LogP contribution in [-0.2, 0) is 24.4 Å². The van der Waals surface area contributed by atoms with Gasteiger partial charge in [0.25, 0.3) is 32.1 Å². The van der Waals surface area contributed by atoms with Crippen molar-refractivity contribution in [1.82, 2.24) is 4.90 Å². The average Bonchev–Trinajstić information content (AvgIpc) is 3.44. The summed E-state index contributed by atoms with van der Waals surface area (Å²) in [6.45, 7) is 0.356. The molecule has 0 bridgehead atoms. The maximum atomic E-state index is 11.9. The Hall–Kier alpha value is -0.187. The molecule has 0 radical (unpaired) electrons. The minimum absolute atomic E-state index is 0. The molecule has 3 aliphatic heterocycles. The molecular formula is C22H21K2N2O10S2+. The Balaban J connectivity index is 0.000000308. The first-order valence-electron chi connectivity index (χ1n) is 10.6. The van der Waals surface area contributed by atoms with E-state index in [1.54, 1.807) is 48.5 Å². The molecule has 0 unspecified atom stereocenters. The van der Waals surface area contributed by atoms with Crippen LogP contribution in [0.2, 0.25) is 0 Å². The molecule has 38 heavy (non-hydrogen) atoms. The third-order valence-corrected chi connectivity index (χ3v) is 7.17. The van der Waals surface area contributed by atoms with Gasteiger partial charge in [-0.15, -0.1) is 0 Å². The number of hydrogen-bond donors (Lipinski definition) is 1. The van der Waals surface area contributed by atoms with Crippen LogP contribution in [0.4, 0.5) is 0 Å². The van der Waals surface area contributed by atoms with E-state index < -0.39 is 49.6 Å². The van der Waals surface area contributed by atoms with Crippen molar-refractivity contribution in [2.75, 3.05) is 24.7 Å². The number of fused-ring (bicyclic) bond motifs is 2. The SMILES string of the molecule is O=C1[N-]C(=O)c2ccccc21.O=C1c2ccccc2C(=O)N1CCCS(=O)(=O)O.O=S1(=O)CCCO1.[K+].[K+]. The van der Waals surface area contributed by atoms with Gasteiger partial charge in [-0.3, -0.25) is 23.2 Å². The van der Waals surface area contributed by atoms with Crippen molar-refractivity contribution in [3.05, 3.63) is 76.1 Å². The summed E-state index contributed by atoms with van der Waals surface area (Å²) < 4.78 is 54.4. The second-order valence-corrected chi connectivity index (χ2v) is 11.0. The second-order valence-electron chi connectivity index (χ2n) is 7.65. The van der Waals surface area contributed by atoms with E-state index >= 15 is 0 Å². The fourth-order valence-electron chi connectivity index (χ4n) is 3.40. The van der Waals surface area contributed by atoms with E-state index in [4.69, 9.17) is 4.55 Å². The number of rotatable bonds is 4. The van der Waals surface area contributed by atoms with Crippen LogP contribution < -0.4 is 103 Å². The largest absolute Gasteiger partial charge is 1.00 e. The molecule has 0 atom stereocenters. The van der Waals surface area contributed by atoms with Crippen molar-refractivity contribution < 1.29 is 148 Å². The van der Waals surface area contributed by atoms with Crippen LogP contribution in [0.25, 0.3) is 5.32 Å². The quantitative estimate of drug-likeness (QED) is 0.153. The summed E-state index contributed by atoms with van der Waals surface area (Å²) in [5, 5.41) is 3.28. The maximum absolute atomic E-state index is 11.9. The van der Waals surface area contributed by atoms with Gasteiger partial charge in [0.2, 0.25) is 0 Å². The summed E-state index contributed by atoms with van der Waals surface area (Å²) in [7, 11) is -7.11. The maximum Gasteiger partial charge on any atom is 1.00 e. The van der Waals surface area contributed by atoms with Gasteiger partial charge in [0, 0.05) is 17.7 Å². The first-order chi connectivity index (χ1) is 16.9. The molecule has 0 aromatic heterocycles. The Kier molecular flexibility index (Phi) is 14.8. The Morgan fingerprint density at radius 2 is 1.29 bits per heavy atom. The van der Waals surface area contributed by atoms with Gasteiger partial charge in [0.15, 0.2) is 0 Å². The predicted molar refractivity (Wildman–Crippen MR) is 126 cm³/mol. The van der Waals surface area contributed by atoms with E-state index in [9.17, 15) is 36.0 Å². The molecule has 2 aromatic carbocycles. The third-order valence-electron chi connectivity index (χ3n) is 5.05. The van der Waals surface area contributed by atoms with Crippen LogP contribution in [0, 0.1) is 0 Å². The van der Waals surface area contributed by atoms with Gasteiger partial charge in [-0.2, -0.15) is 16.8 Å². The Morgan fingerprint density at radius 3 is 1.63 bits per heavy atom. The van der Waals surface area contributed by atoms with Crippen LogP contribution in [0.3, 0.4) is 0 Å². The summed E-state index contributed by atoms with van der Waals surface area (Å²) in [5.74, 6) is -1.97. The average molecular weight is 616 g/mol. The molecule has 2 aromatic rings. The third kappa shape index (κ3) is 10.0. The number of benzene rings is 2. The van der Waals surface area contributed by atoms with E-state index in [0.29, 0.717) is 35.3 Å². The fourth-order valence-corrected chi connectivity index (χ4v) is 4.85. The van der Waals surface area contributed by atoms with E-state index in [1.165, 1.54) is 0 Å². The van der Waals surface area contributed by atoms with Crippen molar-refractivity contribution in [3.8, 4) is 0 Å². The molecular weight excluding hydrogens is 595 g/mol. The normalized spacial score (nSPS) is 16.5. The van der Waals surface area contributed by atoms with Gasteiger partial charge in [-0.1, -0.05) is 36.4 Å². The Morgan fingerprint density at radius 1 is 0.842 bits per heavy atom. The van der Waals surface area contributed by atoms with E-state index in [2.05, 4.69) is 9.50 Å². The monoisotopic (exact) mass is 615 g/mol. The van der Waals surface area contributed by atoms with E-state index in [-0.39, 0.29) is 121 Å². The first kappa shape index (κ1) is 35.8. The summed E-state index contributed by atoms with van der Waals surface area (Å²) in [6.07, 6.45) is 0.673. The number of hydrogen-bond acceptors (Lipinski definition) is 9. The molecule has 0 saturated carbocycles. The molecule has 1 N–H and O–H groups in total. The van der Waals surface area contributed by atoms with Gasteiger partial charge >= 0.3 is 103 Å². The van der Waals surface area contributed by atoms with Crippen LogP contribution in [0.1, 0.15) is 54.3 Å². The molecule has 1 fully saturated rings. The van der Waals surface area contributed by atoms with Crippen molar-refractivity contribution >= 4 is 43.9 Å². The molecule has 12 nitrogen and oxygen atoms in total. The number of imide groups is 2.